The molecular weight excluding hydrogens is 1160 g/mol. The van der Waals surface area contributed by atoms with Crippen molar-refractivity contribution in [3.63, 3.8) is 0 Å². The summed E-state index contributed by atoms with van der Waals surface area (Å²) in [6.45, 7) is 46.7. The van der Waals surface area contributed by atoms with E-state index in [1.165, 1.54) is 0 Å². The lowest BCUT2D eigenvalue weighted by Crippen LogP contribution is -2.44. The zero-order chi connectivity index (χ0) is 70.1. The summed E-state index contributed by atoms with van der Waals surface area (Å²) in [6.07, 6.45) is 0.854. The minimum absolute atomic E-state index is 0.0629. The molecule has 0 atom stereocenters. The fourth-order valence-electron chi connectivity index (χ4n) is 10.8. The standard InChI is InChI=1S/C73H108O12.C6H6O/c1-65(2,3)49-33-45(34-50(61(49)78)66(4,5)6)25-29-57(74)82-41-73(42-83-58(75)30-26-46-35-51(67(7,8)9)62(79)52(36-46)68(10,11)12,43-84-59(76)31-27-47-37-53(69(13,14)15)63(80)54(38-47)70(16,17)18)44-85-60(77)32-28-48-39-55(71(19,20)21)64(81)56(40-48)72(22,23)24;7-6-4-2-1-3-5-6/h33-40,78-81H,25-32,41-44H2,1-24H3;1-5,7H. The van der Waals surface area contributed by atoms with Crippen molar-refractivity contribution < 1.29 is 63.7 Å². The number of rotatable bonds is 20. The number of phenolic OH excluding ortho intramolecular Hbond substituents is 5. The molecule has 0 aliphatic carbocycles. The summed E-state index contributed by atoms with van der Waals surface area (Å²) in [5.74, 6) is -1.17. The van der Waals surface area contributed by atoms with Crippen LogP contribution in [0.5, 0.6) is 28.7 Å². The number of aryl methyl sites for hydroxylation is 4. The maximum atomic E-state index is 14.1. The summed E-state index contributed by atoms with van der Waals surface area (Å²) >= 11 is 0. The predicted molar refractivity (Wildman–Crippen MR) is 370 cm³/mol. The Morgan fingerprint density at radius 3 is 0.576 bits per heavy atom. The van der Waals surface area contributed by atoms with Gasteiger partial charge in [0.05, 0.1) is 0 Å². The minimum Gasteiger partial charge on any atom is -0.508 e. The lowest BCUT2D eigenvalue weighted by atomic mass is 9.78. The summed E-state index contributed by atoms with van der Waals surface area (Å²) in [5, 5.41) is 54.3. The first-order valence-corrected chi connectivity index (χ1v) is 32.7. The van der Waals surface area contributed by atoms with E-state index in [4.69, 9.17) is 24.1 Å². The molecule has 0 fully saturated rings. The molecule has 5 aromatic carbocycles. The Kier molecular flexibility index (Phi) is 25.2. The largest absolute Gasteiger partial charge is 0.508 e. The molecule has 0 saturated carbocycles. The Bertz CT molecular complexity index is 2790. The van der Waals surface area contributed by atoms with Gasteiger partial charge in [-0.05, 0) is 148 Å². The fraction of sp³-hybridized carbons (Fsp3) is 0.570. The van der Waals surface area contributed by atoms with E-state index in [9.17, 15) is 39.6 Å². The van der Waals surface area contributed by atoms with Gasteiger partial charge in [0.15, 0.2) is 0 Å². The summed E-state index contributed by atoms with van der Waals surface area (Å²) in [5.41, 5.74) is 4.62. The summed E-state index contributed by atoms with van der Waals surface area (Å²) in [7, 11) is 0. The van der Waals surface area contributed by atoms with Crippen LogP contribution < -0.4 is 0 Å². The van der Waals surface area contributed by atoms with E-state index >= 15 is 0 Å². The van der Waals surface area contributed by atoms with Crippen LogP contribution in [0, 0.1) is 5.41 Å². The SMILES string of the molecule is CC(C)(C)c1cc(CCC(=O)OCC(COC(=O)CCc2cc(C(C)(C)C)c(O)c(C(C)(C)C)c2)(COC(=O)CCc2cc(C(C)(C)C)c(O)c(C(C)(C)C)c2)COC(=O)CCc2cc(C(C)(C)C)c(O)c(C(C)(C)C)c2)cc(C(C)(C)C)c1O.Oc1ccccc1. The number of benzene rings is 5. The number of esters is 4. The van der Waals surface area contributed by atoms with Crippen molar-refractivity contribution in [2.75, 3.05) is 26.4 Å². The van der Waals surface area contributed by atoms with E-state index < -0.39 is 99.0 Å². The number of phenols is 5. The highest BCUT2D eigenvalue weighted by Gasteiger charge is 2.39. The normalized spacial score (nSPS) is 12.8. The second-order valence-electron chi connectivity index (χ2n) is 33.6. The van der Waals surface area contributed by atoms with Crippen LogP contribution in [0.3, 0.4) is 0 Å². The Morgan fingerprint density at radius 1 is 0.283 bits per heavy atom. The highest BCUT2D eigenvalue weighted by Crippen LogP contribution is 2.44. The number of para-hydroxylation sites is 1. The van der Waals surface area contributed by atoms with Gasteiger partial charge in [-0.3, -0.25) is 19.2 Å². The highest BCUT2D eigenvalue weighted by atomic mass is 16.6. The first-order chi connectivity index (χ1) is 41.8. The molecule has 0 aliphatic heterocycles. The average molecular weight is 1270 g/mol. The molecule has 13 heteroatoms. The van der Waals surface area contributed by atoms with Crippen molar-refractivity contribution in [3.8, 4) is 28.7 Å². The quantitative estimate of drug-likeness (QED) is 0.0364. The van der Waals surface area contributed by atoms with E-state index in [1.807, 2.05) is 221 Å². The Hall–Kier alpha value is -7.02. The lowest BCUT2D eigenvalue weighted by Gasteiger charge is -2.32. The molecule has 0 amide bonds. The van der Waals surface area contributed by atoms with Crippen LogP contribution in [-0.2, 0) is 107 Å². The maximum absolute atomic E-state index is 14.1. The van der Waals surface area contributed by atoms with Crippen LogP contribution in [0.15, 0.2) is 78.9 Å². The van der Waals surface area contributed by atoms with Gasteiger partial charge in [0.2, 0.25) is 0 Å². The van der Waals surface area contributed by atoms with Crippen LogP contribution in [0.1, 0.15) is 259 Å². The zero-order valence-electron chi connectivity index (χ0n) is 60.5. The second kappa shape index (κ2) is 29.9. The summed E-state index contributed by atoms with van der Waals surface area (Å²) in [6, 6.07) is 24.1. The van der Waals surface area contributed by atoms with Crippen LogP contribution in [0.4, 0.5) is 0 Å². The molecule has 5 rings (SSSR count). The van der Waals surface area contributed by atoms with Crippen LogP contribution in [0.2, 0.25) is 0 Å². The number of aromatic hydroxyl groups is 5. The summed E-state index contributed by atoms with van der Waals surface area (Å²) < 4.78 is 24.4. The molecule has 0 heterocycles. The van der Waals surface area contributed by atoms with Gasteiger partial charge in [0.25, 0.3) is 0 Å². The number of hydrogen-bond acceptors (Lipinski definition) is 13. The molecule has 0 unspecified atom stereocenters. The molecular formula is C79H114O13. The third-order valence-corrected chi connectivity index (χ3v) is 16.5. The van der Waals surface area contributed by atoms with Crippen molar-refractivity contribution in [3.05, 3.63) is 146 Å². The maximum Gasteiger partial charge on any atom is 0.306 e. The van der Waals surface area contributed by atoms with Gasteiger partial charge in [-0.2, -0.15) is 0 Å². The molecule has 13 nitrogen and oxygen atoms in total. The molecule has 0 saturated heterocycles. The average Bonchev–Trinajstić information content (AvgIpc) is 0.811. The van der Waals surface area contributed by atoms with E-state index in [0.717, 1.165) is 66.8 Å². The van der Waals surface area contributed by atoms with Gasteiger partial charge in [-0.15, -0.1) is 0 Å². The molecule has 0 bridgehead atoms. The number of carbonyl (C=O) groups excluding carboxylic acids is 4. The molecule has 5 aromatic rings. The van der Waals surface area contributed by atoms with Crippen LogP contribution in [0.25, 0.3) is 0 Å². The topological polar surface area (TPSA) is 206 Å². The Labute approximate surface area is 552 Å². The summed E-state index contributed by atoms with van der Waals surface area (Å²) in [4.78, 5) is 56.4. The smallest absolute Gasteiger partial charge is 0.306 e. The third-order valence-electron chi connectivity index (χ3n) is 16.5. The van der Waals surface area contributed by atoms with E-state index in [1.54, 1.807) is 24.3 Å². The van der Waals surface area contributed by atoms with Gasteiger partial charge >= 0.3 is 23.9 Å². The van der Waals surface area contributed by atoms with Gasteiger partial charge in [0.1, 0.15) is 60.6 Å². The molecule has 0 spiro atoms. The molecule has 0 aliphatic rings. The zero-order valence-corrected chi connectivity index (χ0v) is 60.5. The van der Waals surface area contributed by atoms with E-state index in [0.29, 0.717) is 5.75 Å². The molecule has 5 N–H and O–H groups in total. The van der Waals surface area contributed by atoms with Crippen LogP contribution >= 0.6 is 0 Å². The van der Waals surface area contributed by atoms with Crippen molar-refractivity contribution in [2.45, 2.75) is 261 Å². The molecule has 0 aromatic heterocycles. The molecule has 508 valence electrons. The fourth-order valence-corrected chi connectivity index (χ4v) is 10.8. The van der Waals surface area contributed by atoms with Gasteiger partial charge < -0.3 is 44.5 Å². The van der Waals surface area contributed by atoms with Gasteiger partial charge in [0, 0.05) is 25.7 Å². The number of hydrogen-bond donors (Lipinski definition) is 5. The van der Waals surface area contributed by atoms with Crippen molar-refractivity contribution in [1.82, 2.24) is 0 Å². The third kappa shape index (κ3) is 22.6. The number of carbonyl (C=O) groups is 4. The lowest BCUT2D eigenvalue weighted by molar-refractivity contribution is -0.170. The van der Waals surface area contributed by atoms with Crippen molar-refractivity contribution in [1.29, 1.82) is 0 Å². The monoisotopic (exact) mass is 1270 g/mol. The second-order valence-corrected chi connectivity index (χ2v) is 33.6. The van der Waals surface area contributed by atoms with Crippen molar-refractivity contribution >= 4 is 23.9 Å². The first kappa shape index (κ1) is 77.4. The van der Waals surface area contributed by atoms with Crippen molar-refractivity contribution in [2.24, 2.45) is 5.41 Å². The minimum atomic E-state index is -1.58. The predicted octanol–water partition coefficient (Wildman–Crippen LogP) is 17.3. The molecule has 0 radical (unpaired) electrons. The van der Waals surface area contributed by atoms with Crippen LogP contribution in [-0.4, -0.2) is 75.8 Å². The number of ether oxygens (including phenoxy) is 4. The van der Waals surface area contributed by atoms with E-state index in [-0.39, 0.29) is 74.4 Å². The molecule has 92 heavy (non-hydrogen) atoms. The Balaban J connectivity index is 0.00000240. The Morgan fingerprint density at radius 2 is 0.446 bits per heavy atom. The van der Waals surface area contributed by atoms with Gasteiger partial charge in [-0.1, -0.05) is 233 Å². The van der Waals surface area contributed by atoms with Gasteiger partial charge in [-0.25, -0.2) is 0 Å². The highest BCUT2D eigenvalue weighted by molar-refractivity contribution is 5.72. The first-order valence-electron chi connectivity index (χ1n) is 32.7. The van der Waals surface area contributed by atoms with E-state index in [2.05, 4.69) is 0 Å².